The van der Waals surface area contributed by atoms with Gasteiger partial charge < -0.3 is 42.6 Å². The van der Waals surface area contributed by atoms with Gasteiger partial charge in [0, 0.05) is 29.9 Å². The molecule has 1 heterocycles. The summed E-state index contributed by atoms with van der Waals surface area (Å²) < 4.78 is 0. The molecule has 5 atom stereocenters. The Kier molecular flexibility index (Phi) is 11.2. The van der Waals surface area contributed by atoms with Gasteiger partial charge in [-0.25, -0.2) is 4.79 Å². The number of amides is 4. The molecule has 13 heteroatoms. The minimum absolute atomic E-state index is 0.0355. The molecule has 0 saturated heterocycles. The minimum atomic E-state index is -1.33. The Bertz CT molecular complexity index is 1150. The van der Waals surface area contributed by atoms with E-state index in [2.05, 4.69) is 20.9 Å². The Morgan fingerprint density at radius 3 is 2.26 bits per heavy atom. The van der Waals surface area contributed by atoms with Crippen LogP contribution in [0.5, 0.6) is 0 Å². The molecule has 38 heavy (non-hydrogen) atoms. The molecular formula is C25H36N6O7. The van der Waals surface area contributed by atoms with Crippen molar-refractivity contribution in [1.29, 1.82) is 0 Å². The number of rotatable bonds is 15. The molecule has 0 aliphatic carbocycles. The third-order valence-corrected chi connectivity index (χ3v) is 6.35. The predicted molar refractivity (Wildman–Crippen MR) is 138 cm³/mol. The first-order chi connectivity index (χ1) is 18.0. The number of carboxylic acids is 1. The van der Waals surface area contributed by atoms with E-state index >= 15 is 0 Å². The van der Waals surface area contributed by atoms with Crippen LogP contribution >= 0.6 is 0 Å². The SMILES string of the molecule is CCC(C)C(NC(=O)C(N)CO)C(=O)NC(CCC(N)=O)C(=O)NC(Cc1c[nH]c2ccccc12)C(=O)O. The second-order valence-corrected chi connectivity index (χ2v) is 9.19. The van der Waals surface area contributed by atoms with Crippen molar-refractivity contribution in [3.8, 4) is 0 Å². The number of aromatic amines is 1. The smallest absolute Gasteiger partial charge is 0.326 e. The van der Waals surface area contributed by atoms with Crippen molar-refractivity contribution >= 4 is 40.5 Å². The van der Waals surface area contributed by atoms with E-state index in [1.54, 1.807) is 20.0 Å². The maximum atomic E-state index is 13.1. The summed E-state index contributed by atoms with van der Waals surface area (Å²) in [5.74, 6) is -4.69. The number of aliphatic carboxylic acids is 1. The van der Waals surface area contributed by atoms with E-state index < -0.39 is 60.4 Å². The number of fused-ring (bicyclic) bond motifs is 1. The second-order valence-electron chi connectivity index (χ2n) is 9.19. The van der Waals surface area contributed by atoms with Gasteiger partial charge in [0.15, 0.2) is 0 Å². The normalized spacial score (nSPS) is 15.1. The molecule has 2 rings (SSSR count). The van der Waals surface area contributed by atoms with Crippen molar-refractivity contribution in [3.05, 3.63) is 36.0 Å². The molecule has 5 unspecified atom stereocenters. The van der Waals surface area contributed by atoms with Crippen molar-refractivity contribution in [1.82, 2.24) is 20.9 Å². The number of nitrogens with one attached hydrogen (secondary N) is 4. The van der Waals surface area contributed by atoms with E-state index in [4.69, 9.17) is 16.6 Å². The van der Waals surface area contributed by atoms with E-state index in [1.165, 1.54) is 0 Å². The molecule has 0 fully saturated rings. The molecule has 0 aliphatic heterocycles. The van der Waals surface area contributed by atoms with Gasteiger partial charge in [0.1, 0.15) is 24.2 Å². The van der Waals surface area contributed by atoms with Crippen LogP contribution in [0.1, 0.15) is 38.7 Å². The number of carbonyl (C=O) groups is 5. The number of carbonyl (C=O) groups excluding carboxylic acids is 4. The summed E-state index contributed by atoms with van der Waals surface area (Å²) in [5, 5.41) is 27.1. The fourth-order valence-corrected chi connectivity index (χ4v) is 3.85. The lowest BCUT2D eigenvalue weighted by atomic mass is 9.97. The van der Waals surface area contributed by atoms with Crippen molar-refractivity contribution in [2.45, 2.75) is 63.7 Å². The molecule has 208 valence electrons. The van der Waals surface area contributed by atoms with Crippen LogP contribution in [0, 0.1) is 5.92 Å². The van der Waals surface area contributed by atoms with Gasteiger partial charge in [-0.15, -0.1) is 0 Å². The van der Waals surface area contributed by atoms with Gasteiger partial charge in [0.25, 0.3) is 0 Å². The monoisotopic (exact) mass is 532 g/mol. The van der Waals surface area contributed by atoms with Crippen LogP contribution in [-0.2, 0) is 30.4 Å². The third kappa shape index (κ3) is 8.28. The minimum Gasteiger partial charge on any atom is -0.480 e. The van der Waals surface area contributed by atoms with Crippen molar-refractivity contribution < 1.29 is 34.2 Å². The molecule has 0 saturated carbocycles. The van der Waals surface area contributed by atoms with Crippen LogP contribution in [0.15, 0.2) is 30.5 Å². The van der Waals surface area contributed by atoms with Gasteiger partial charge in [-0.3, -0.25) is 19.2 Å². The van der Waals surface area contributed by atoms with Gasteiger partial charge in [-0.2, -0.15) is 0 Å². The molecular weight excluding hydrogens is 496 g/mol. The lowest BCUT2D eigenvalue weighted by Crippen LogP contribution is -2.59. The quantitative estimate of drug-likeness (QED) is 0.140. The highest BCUT2D eigenvalue weighted by Gasteiger charge is 2.32. The predicted octanol–water partition coefficient (Wildman–Crippen LogP) is -1.12. The number of aliphatic hydroxyl groups is 1. The first kappa shape index (κ1) is 30.3. The molecule has 13 nitrogen and oxygen atoms in total. The molecule has 0 radical (unpaired) electrons. The zero-order valence-corrected chi connectivity index (χ0v) is 21.4. The highest BCUT2D eigenvalue weighted by atomic mass is 16.4. The van der Waals surface area contributed by atoms with Crippen molar-refractivity contribution in [3.63, 3.8) is 0 Å². The summed E-state index contributed by atoms with van der Waals surface area (Å²) in [6, 6.07) is 2.31. The summed E-state index contributed by atoms with van der Waals surface area (Å²) in [5.41, 5.74) is 12.3. The number of hydrogen-bond acceptors (Lipinski definition) is 7. The Labute approximate surface area is 219 Å². The Hall–Kier alpha value is -3.97. The van der Waals surface area contributed by atoms with Crippen LogP contribution in [0.3, 0.4) is 0 Å². The number of H-pyrrole nitrogens is 1. The van der Waals surface area contributed by atoms with Crippen molar-refractivity contribution in [2.75, 3.05) is 6.61 Å². The van der Waals surface area contributed by atoms with E-state index in [0.717, 1.165) is 10.9 Å². The zero-order valence-electron chi connectivity index (χ0n) is 21.4. The third-order valence-electron chi connectivity index (χ3n) is 6.35. The van der Waals surface area contributed by atoms with Gasteiger partial charge >= 0.3 is 5.97 Å². The maximum Gasteiger partial charge on any atom is 0.326 e. The number of primary amides is 1. The second kappa shape index (κ2) is 14.1. The number of carboxylic acid groups (broad SMARTS) is 1. The van der Waals surface area contributed by atoms with Crippen LogP contribution < -0.4 is 27.4 Å². The standard InChI is InChI=1S/C25H36N6O7/c1-3-13(2)21(31-22(34)16(26)12-32)24(36)29-18(8-9-20(27)33)23(35)30-19(25(37)38)10-14-11-28-17-7-5-4-6-15(14)17/h4-7,11,13,16,18-19,21,28,32H,3,8-10,12,26H2,1-2H3,(H2,27,33)(H,29,36)(H,30,35)(H,31,34)(H,37,38). The number of benzene rings is 1. The molecule has 1 aromatic carbocycles. The first-order valence-corrected chi connectivity index (χ1v) is 12.3. The van der Waals surface area contributed by atoms with E-state index in [-0.39, 0.29) is 25.2 Å². The summed E-state index contributed by atoms with van der Waals surface area (Å²) in [6.45, 7) is 2.87. The summed E-state index contributed by atoms with van der Waals surface area (Å²) in [7, 11) is 0. The number of aromatic nitrogens is 1. The number of hydrogen-bond donors (Lipinski definition) is 8. The highest BCUT2D eigenvalue weighted by Crippen LogP contribution is 2.19. The Morgan fingerprint density at radius 1 is 1.00 bits per heavy atom. The first-order valence-electron chi connectivity index (χ1n) is 12.3. The Morgan fingerprint density at radius 2 is 1.66 bits per heavy atom. The lowest BCUT2D eigenvalue weighted by molar-refractivity contribution is -0.142. The Balaban J connectivity index is 2.22. The van der Waals surface area contributed by atoms with E-state index in [0.29, 0.717) is 12.0 Å². The molecule has 1 aromatic heterocycles. The largest absolute Gasteiger partial charge is 0.480 e. The summed E-state index contributed by atoms with van der Waals surface area (Å²) in [4.78, 5) is 64.9. The average molecular weight is 533 g/mol. The van der Waals surface area contributed by atoms with Gasteiger partial charge in [0.2, 0.25) is 23.6 Å². The zero-order chi connectivity index (χ0) is 28.4. The van der Waals surface area contributed by atoms with Gasteiger partial charge in [0.05, 0.1) is 6.61 Å². The average Bonchev–Trinajstić information content (AvgIpc) is 3.30. The summed E-state index contributed by atoms with van der Waals surface area (Å²) in [6.07, 6.45) is 1.66. The van der Waals surface area contributed by atoms with E-state index in [9.17, 15) is 29.1 Å². The fourth-order valence-electron chi connectivity index (χ4n) is 3.85. The highest BCUT2D eigenvalue weighted by molar-refractivity contribution is 5.94. The maximum absolute atomic E-state index is 13.1. The van der Waals surface area contributed by atoms with Crippen LogP contribution in [0.4, 0.5) is 0 Å². The molecule has 4 amide bonds. The number of aliphatic hydroxyl groups excluding tert-OH is 1. The van der Waals surface area contributed by atoms with Gasteiger partial charge in [-0.1, -0.05) is 38.5 Å². The molecule has 0 spiro atoms. The number of para-hydroxylation sites is 1. The lowest BCUT2D eigenvalue weighted by Gasteiger charge is -2.27. The van der Waals surface area contributed by atoms with E-state index in [1.807, 2.05) is 24.3 Å². The van der Waals surface area contributed by atoms with Crippen LogP contribution in [0.25, 0.3) is 10.9 Å². The van der Waals surface area contributed by atoms with Gasteiger partial charge in [-0.05, 0) is 24.0 Å². The van der Waals surface area contributed by atoms with Crippen molar-refractivity contribution in [2.24, 2.45) is 17.4 Å². The van der Waals surface area contributed by atoms with Crippen LogP contribution in [0.2, 0.25) is 0 Å². The molecule has 0 aliphatic rings. The topological polar surface area (TPSA) is 230 Å². The number of nitrogens with two attached hydrogens (primary N) is 2. The molecule has 0 bridgehead atoms. The molecule has 10 N–H and O–H groups in total. The fraction of sp³-hybridized carbons (Fsp3) is 0.480. The van der Waals surface area contributed by atoms with Crippen LogP contribution in [-0.4, -0.2) is 75.6 Å². The molecule has 2 aromatic rings. The summed E-state index contributed by atoms with van der Waals surface area (Å²) >= 11 is 0.